The standard InChI is InChI=1S/C13H14N4O5S/c1-3-22-12(18)10-9-14-16(2)11(10)23(20,21)15-13(19)17-7-5-4-6-8-17/h4-9H,3H2,1-2H3/p+1. The van der Waals surface area contributed by atoms with Crippen LogP contribution in [0.5, 0.6) is 0 Å². The minimum absolute atomic E-state index is 0.0828. The van der Waals surface area contributed by atoms with E-state index in [0.29, 0.717) is 0 Å². The molecule has 0 atom stereocenters. The van der Waals surface area contributed by atoms with E-state index in [1.807, 2.05) is 4.72 Å². The molecule has 2 aromatic rings. The number of nitrogens with one attached hydrogen (secondary N) is 1. The molecule has 0 radical (unpaired) electrons. The maximum absolute atomic E-state index is 12.4. The average Bonchev–Trinajstić information content (AvgIpc) is 2.91. The third kappa shape index (κ3) is 3.54. The quantitative estimate of drug-likeness (QED) is 0.611. The Morgan fingerprint density at radius 3 is 2.57 bits per heavy atom. The first-order chi connectivity index (χ1) is 10.9. The molecule has 9 nitrogen and oxygen atoms in total. The summed E-state index contributed by atoms with van der Waals surface area (Å²) >= 11 is 0. The highest BCUT2D eigenvalue weighted by atomic mass is 32.2. The Morgan fingerprint density at radius 2 is 1.96 bits per heavy atom. The monoisotopic (exact) mass is 339 g/mol. The van der Waals surface area contributed by atoms with Crippen LogP contribution in [-0.4, -0.2) is 36.8 Å². The van der Waals surface area contributed by atoms with Crippen molar-refractivity contribution in [2.75, 3.05) is 6.61 Å². The molecule has 23 heavy (non-hydrogen) atoms. The van der Waals surface area contributed by atoms with E-state index in [1.165, 1.54) is 19.4 Å². The van der Waals surface area contributed by atoms with Gasteiger partial charge in [0.25, 0.3) is 0 Å². The molecule has 0 aromatic carbocycles. The molecule has 0 bridgehead atoms. The third-order valence-electron chi connectivity index (χ3n) is 2.81. The van der Waals surface area contributed by atoms with Gasteiger partial charge in [0.2, 0.25) is 5.03 Å². The van der Waals surface area contributed by atoms with E-state index < -0.39 is 27.0 Å². The van der Waals surface area contributed by atoms with Crippen molar-refractivity contribution >= 4 is 22.0 Å². The van der Waals surface area contributed by atoms with Crippen LogP contribution in [0.3, 0.4) is 0 Å². The molecule has 122 valence electrons. The summed E-state index contributed by atoms with van der Waals surface area (Å²) in [6, 6.07) is 3.93. The number of ether oxygens (including phenoxy) is 1. The topological polar surface area (TPSA) is 111 Å². The van der Waals surface area contributed by atoms with Crippen LogP contribution in [0.1, 0.15) is 17.3 Å². The zero-order valence-electron chi connectivity index (χ0n) is 12.5. The van der Waals surface area contributed by atoms with Crippen molar-refractivity contribution in [3.8, 4) is 0 Å². The average molecular weight is 339 g/mol. The lowest BCUT2D eigenvalue weighted by Crippen LogP contribution is -2.51. The zero-order chi connectivity index (χ0) is 17.0. The summed E-state index contributed by atoms with van der Waals surface area (Å²) in [6.45, 7) is 1.68. The number of amides is 1. The summed E-state index contributed by atoms with van der Waals surface area (Å²) in [5.74, 6) is -0.833. The minimum Gasteiger partial charge on any atom is -0.462 e. The Labute approximate surface area is 132 Å². The summed E-state index contributed by atoms with van der Waals surface area (Å²) in [6.07, 6.45) is 3.85. The highest BCUT2D eigenvalue weighted by Crippen LogP contribution is 2.15. The van der Waals surface area contributed by atoms with Gasteiger partial charge < -0.3 is 4.74 Å². The van der Waals surface area contributed by atoms with Gasteiger partial charge in [0, 0.05) is 7.05 Å². The van der Waals surface area contributed by atoms with Gasteiger partial charge in [-0.25, -0.2) is 4.79 Å². The number of rotatable bonds is 4. The molecule has 2 aromatic heterocycles. The Balaban J connectivity index is 2.35. The molecule has 0 saturated heterocycles. The predicted octanol–water partition coefficient (Wildman–Crippen LogP) is -0.169. The Morgan fingerprint density at radius 1 is 1.30 bits per heavy atom. The first-order valence-corrected chi connectivity index (χ1v) is 8.07. The lowest BCUT2D eigenvalue weighted by molar-refractivity contribution is -0.570. The van der Waals surface area contributed by atoms with E-state index in [0.717, 1.165) is 15.4 Å². The Kier molecular flexibility index (Phi) is 4.74. The molecular weight excluding hydrogens is 324 g/mol. The van der Waals surface area contributed by atoms with E-state index in [-0.39, 0.29) is 12.2 Å². The molecule has 1 amide bonds. The first kappa shape index (κ1) is 16.6. The van der Waals surface area contributed by atoms with Gasteiger partial charge in [-0.1, -0.05) is 6.07 Å². The molecule has 0 spiro atoms. The van der Waals surface area contributed by atoms with E-state index in [9.17, 15) is 18.0 Å². The number of aromatic nitrogens is 3. The van der Waals surface area contributed by atoms with Gasteiger partial charge in [-0.2, -0.15) is 22.9 Å². The second-order valence-electron chi connectivity index (χ2n) is 4.40. The smallest absolute Gasteiger partial charge is 0.462 e. The fraction of sp³-hybridized carbons (Fsp3) is 0.231. The number of esters is 1. The summed E-state index contributed by atoms with van der Waals surface area (Å²) in [4.78, 5) is 23.8. The molecule has 0 aliphatic rings. The fourth-order valence-electron chi connectivity index (χ4n) is 1.84. The second-order valence-corrected chi connectivity index (χ2v) is 6.00. The Hall–Kier alpha value is -2.75. The Bertz CT molecular complexity index is 829. The van der Waals surface area contributed by atoms with Gasteiger partial charge >= 0.3 is 22.0 Å². The molecule has 0 unspecified atom stereocenters. The van der Waals surface area contributed by atoms with E-state index in [2.05, 4.69) is 5.10 Å². The summed E-state index contributed by atoms with van der Waals surface area (Å²) in [7, 11) is -2.97. The van der Waals surface area contributed by atoms with Gasteiger partial charge in [0.15, 0.2) is 0 Å². The van der Waals surface area contributed by atoms with Crippen molar-refractivity contribution < 1.29 is 27.3 Å². The largest absolute Gasteiger partial charge is 0.511 e. The maximum Gasteiger partial charge on any atom is 0.511 e. The normalized spacial score (nSPS) is 11.0. The van der Waals surface area contributed by atoms with Gasteiger partial charge in [-0.3, -0.25) is 4.68 Å². The van der Waals surface area contributed by atoms with Crippen molar-refractivity contribution in [1.29, 1.82) is 0 Å². The highest BCUT2D eigenvalue weighted by Gasteiger charge is 2.34. The van der Waals surface area contributed by atoms with Crippen LogP contribution in [0.25, 0.3) is 0 Å². The number of hydrogen-bond donors (Lipinski definition) is 1. The number of hydrogen-bond acceptors (Lipinski definition) is 6. The van der Waals surface area contributed by atoms with Gasteiger partial charge in [0.05, 0.1) is 25.2 Å². The predicted molar refractivity (Wildman–Crippen MR) is 76.9 cm³/mol. The number of pyridine rings is 1. The van der Waals surface area contributed by atoms with Gasteiger partial charge in [0.1, 0.15) is 5.56 Å². The van der Waals surface area contributed by atoms with Crippen molar-refractivity contribution in [3.05, 3.63) is 42.4 Å². The zero-order valence-corrected chi connectivity index (χ0v) is 13.3. The molecule has 0 saturated carbocycles. The van der Waals surface area contributed by atoms with Crippen LogP contribution >= 0.6 is 0 Å². The lowest BCUT2D eigenvalue weighted by atomic mass is 10.4. The molecule has 2 heterocycles. The van der Waals surface area contributed by atoms with Crippen molar-refractivity contribution in [1.82, 2.24) is 14.5 Å². The number of aryl methyl sites for hydroxylation is 1. The van der Waals surface area contributed by atoms with Gasteiger partial charge in [-0.15, -0.1) is 4.72 Å². The van der Waals surface area contributed by atoms with E-state index >= 15 is 0 Å². The number of sulfonamides is 1. The number of nitrogens with zero attached hydrogens (tertiary/aromatic N) is 3. The molecule has 0 aliphatic carbocycles. The van der Waals surface area contributed by atoms with Crippen molar-refractivity contribution in [2.24, 2.45) is 7.05 Å². The lowest BCUT2D eigenvalue weighted by Gasteiger charge is -2.05. The molecule has 10 heteroatoms. The van der Waals surface area contributed by atoms with Gasteiger partial charge in [-0.05, 0) is 19.1 Å². The molecule has 0 fully saturated rings. The van der Waals surface area contributed by atoms with E-state index in [4.69, 9.17) is 4.74 Å². The molecular formula is C13H15N4O5S+. The van der Waals surface area contributed by atoms with E-state index in [1.54, 1.807) is 25.1 Å². The van der Waals surface area contributed by atoms with Crippen molar-refractivity contribution in [3.63, 3.8) is 0 Å². The molecule has 2 rings (SSSR count). The van der Waals surface area contributed by atoms with Crippen LogP contribution in [0, 0.1) is 0 Å². The summed E-state index contributed by atoms with van der Waals surface area (Å²) in [5.41, 5.74) is -0.243. The maximum atomic E-state index is 12.4. The number of carbonyl (C=O) groups excluding carboxylic acids is 2. The first-order valence-electron chi connectivity index (χ1n) is 6.59. The molecule has 1 N–H and O–H groups in total. The van der Waals surface area contributed by atoms with Crippen LogP contribution in [-0.2, 0) is 21.8 Å². The van der Waals surface area contributed by atoms with Crippen LogP contribution in [0.4, 0.5) is 4.79 Å². The van der Waals surface area contributed by atoms with Crippen LogP contribution in [0.15, 0.2) is 41.8 Å². The van der Waals surface area contributed by atoms with Crippen molar-refractivity contribution in [2.45, 2.75) is 11.9 Å². The number of carbonyl (C=O) groups is 2. The SMILES string of the molecule is CCOC(=O)c1cnn(C)c1S(=O)(=O)NC(=O)[n+]1ccccc1. The van der Waals surface area contributed by atoms with Crippen LogP contribution in [0.2, 0.25) is 0 Å². The third-order valence-corrected chi connectivity index (χ3v) is 4.24. The summed E-state index contributed by atoms with van der Waals surface area (Å²) < 4.78 is 33.5. The fourth-order valence-corrected chi connectivity index (χ4v) is 3.10. The highest BCUT2D eigenvalue weighted by molar-refractivity contribution is 7.90. The second kappa shape index (κ2) is 6.57. The van der Waals surface area contributed by atoms with Crippen LogP contribution < -0.4 is 9.29 Å². The summed E-state index contributed by atoms with van der Waals surface area (Å²) in [5, 5.41) is 3.30. The minimum atomic E-state index is -4.31. The molecule has 0 aliphatic heterocycles.